The highest BCUT2D eigenvalue weighted by Crippen LogP contribution is 2.20. The van der Waals surface area contributed by atoms with Gasteiger partial charge in [-0.25, -0.2) is 4.39 Å². The van der Waals surface area contributed by atoms with Crippen LogP contribution in [0.4, 0.5) is 10.1 Å². The largest absolute Gasteiger partial charge is 0.481 e. The molecule has 1 atom stereocenters. The molecule has 0 amide bonds. The zero-order chi connectivity index (χ0) is 13.1. The lowest BCUT2D eigenvalue weighted by Gasteiger charge is -2.30. The lowest BCUT2D eigenvalue weighted by Crippen LogP contribution is -2.38. The third-order valence-corrected chi connectivity index (χ3v) is 3.33. The average molecular weight is 252 g/mol. The van der Waals surface area contributed by atoms with Gasteiger partial charge in [0.25, 0.3) is 0 Å². The van der Waals surface area contributed by atoms with Crippen LogP contribution < -0.4 is 5.73 Å². The zero-order valence-electron chi connectivity index (χ0n) is 10.1. The van der Waals surface area contributed by atoms with E-state index >= 15 is 0 Å². The van der Waals surface area contributed by atoms with Crippen molar-refractivity contribution in [2.45, 2.75) is 19.4 Å². The highest BCUT2D eigenvalue weighted by molar-refractivity contribution is 5.70. The second-order valence-corrected chi connectivity index (χ2v) is 4.77. The fourth-order valence-corrected chi connectivity index (χ4v) is 2.33. The minimum absolute atomic E-state index is 0.140. The number of aliphatic carboxylic acids is 1. The van der Waals surface area contributed by atoms with Gasteiger partial charge < -0.3 is 10.8 Å². The monoisotopic (exact) mass is 252 g/mol. The van der Waals surface area contributed by atoms with Crippen LogP contribution in [0.25, 0.3) is 0 Å². The number of rotatable bonds is 3. The molecule has 18 heavy (non-hydrogen) atoms. The predicted octanol–water partition coefficient (Wildman–Crippen LogP) is 1.70. The summed E-state index contributed by atoms with van der Waals surface area (Å²) in [6.45, 7) is 1.96. The maximum absolute atomic E-state index is 13.3. The van der Waals surface area contributed by atoms with Gasteiger partial charge in [-0.05, 0) is 37.1 Å². The smallest absolute Gasteiger partial charge is 0.307 e. The predicted molar refractivity (Wildman–Crippen MR) is 66.4 cm³/mol. The molecule has 1 aromatic carbocycles. The van der Waals surface area contributed by atoms with Gasteiger partial charge in [0, 0.05) is 13.1 Å². The highest BCUT2D eigenvalue weighted by Gasteiger charge is 2.25. The number of likely N-dealkylation sites (tertiary alicyclic amines) is 1. The number of nitrogens with zero attached hydrogens (tertiary/aromatic N) is 1. The molecule has 98 valence electrons. The number of halogens is 1. The average Bonchev–Trinajstić information content (AvgIpc) is 2.34. The number of anilines is 1. The second-order valence-electron chi connectivity index (χ2n) is 4.77. The van der Waals surface area contributed by atoms with Gasteiger partial charge in [0.1, 0.15) is 5.82 Å². The van der Waals surface area contributed by atoms with Crippen LogP contribution in [0.15, 0.2) is 18.2 Å². The SMILES string of the molecule is Nc1ccc(CN2CCC[C@H](C(=O)O)C2)cc1F. The maximum Gasteiger partial charge on any atom is 0.307 e. The van der Waals surface area contributed by atoms with E-state index in [1.165, 1.54) is 6.07 Å². The number of hydrogen-bond donors (Lipinski definition) is 2. The summed E-state index contributed by atoms with van der Waals surface area (Å²) >= 11 is 0. The van der Waals surface area contributed by atoms with Gasteiger partial charge >= 0.3 is 5.97 Å². The number of benzene rings is 1. The molecular formula is C13H17FN2O2. The molecule has 1 saturated heterocycles. The molecule has 0 radical (unpaired) electrons. The van der Waals surface area contributed by atoms with E-state index in [9.17, 15) is 9.18 Å². The Hall–Kier alpha value is -1.62. The lowest BCUT2D eigenvalue weighted by atomic mass is 9.98. The summed E-state index contributed by atoms with van der Waals surface area (Å²) in [6.07, 6.45) is 1.59. The van der Waals surface area contributed by atoms with Gasteiger partial charge in [-0.1, -0.05) is 6.07 Å². The van der Waals surface area contributed by atoms with Crippen molar-refractivity contribution in [3.05, 3.63) is 29.6 Å². The topological polar surface area (TPSA) is 66.6 Å². The van der Waals surface area contributed by atoms with Crippen molar-refractivity contribution in [1.29, 1.82) is 0 Å². The minimum atomic E-state index is -0.747. The van der Waals surface area contributed by atoms with Crippen LogP contribution in [-0.2, 0) is 11.3 Å². The molecule has 1 aliphatic heterocycles. The van der Waals surface area contributed by atoms with E-state index in [0.29, 0.717) is 13.1 Å². The molecule has 1 heterocycles. The first-order chi connectivity index (χ1) is 8.56. The van der Waals surface area contributed by atoms with Gasteiger partial charge in [-0.3, -0.25) is 9.69 Å². The molecule has 0 bridgehead atoms. The molecule has 5 heteroatoms. The summed E-state index contributed by atoms with van der Waals surface area (Å²) in [4.78, 5) is 13.0. The third-order valence-electron chi connectivity index (χ3n) is 3.33. The van der Waals surface area contributed by atoms with Crippen molar-refractivity contribution >= 4 is 11.7 Å². The van der Waals surface area contributed by atoms with E-state index in [0.717, 1.165) is 24.9 Å². The van der Waals surface area contributed by atoms with Crippen LogP contribution in [0.1, 0.15) is 18.4 Å². The standard InChI is InChI=1S/C13H17FN2O2/c14-11-6-9(3-4-12(11)15)7-16-5-1-2-10(8-16)13(17)18/h3-4,6,10H,1-2,5,7-8,15H2,(H,17,18)/t10-/m0/s1. The molecule has 0 aromatic heterocycles. The number of carboxylic acid groups (broad SMARTS) is 1. The first kappa shape index (κ1) is 12.8. The number of nitrogen functional groups attached to an aromatic ring is 1. The number of carboxylic acids is 1. The quantitative estimate of drug-likeness (QED) is 0.804. The molecule has 0 saturated carbocycles. The Labute approximate surface area is 105 Å². The van der Waals surface area contributed by atoms with Crippen LogP contribution in [0.5, 0.6) is 0 Å². The third kappa shape index (κ3) is 2.98. The molecule has 2 rings (SSSR count). The maximum atomic E-state index is 13.3. The molecular weight excluding hydrogens is 235 g/mol. The lowest BCUT2D eigenvalue weighted by molar-refractivity contribution is -0.143. The second kappa shape index (κ2) is 5.35. The Kier molecular flexibility index (Phi) is 3.81. The Balaban J connectivity index is 2.00. The van der Waals surface area contributed by atoms with Crippen LogP contribution in [0.2, 0.25) is 0 Å². The van der Waals surface area contributed by atoms with Gasteiger partial charge in [0.05, 0.1) is 11.6 Å². The van der Waals surface area contributed by atoms with Crippen molar-refractivity contribution in [3.8, 4) is 0 Å². The van der Waals surface area contributed by atoms with Gasteiger partial charge in [-0.2, -0.15) is 0 Å². The number of piperidine rings is 1. The van der Waals surface area contributed by atoms with Crippen molar-refractivity contribution in [2.75, 3.05) is 18.8 Å². The van der Waals surface area contributed by atoms with Crippen molar-refractivity contribution in [2.24, 2.45) is 5.92 Å². The minimum Gasteiger partial charge on any atom is -0.481 e. The molecule has 0 unspecified atom stereocenters. The molecule has 1 fully saturated rings. The first-order valence-corrected chi connectivity index (χ1v) is 6.05. The fourth-order valence-electron chi connectivity index (χ4n) is 2.33. The van der Waals surface area contributed by atoms with Gasteiger partial charge in [0.2, 0.25) is 0 Å². The molecule has 3 N–H and O–H groups in total. The summed E-state index contributed by atoms with van der Waals surface area (Å²) in [5, 5.41) is 9.00. The van der Waals surface area contributed by atoms with Crippen LogP contribution in [-0.4, -0.2) is 29.1 Å². The number of hydrogen-bond acceptors (Lipinski definition) is 3. The molecule has 1 aliphatic rings. The Morgan fingerprint density at radius 3 is 3.00 bits per heavy atom. The van der Waals surface area contributed by atoms with E-state index in [1.807, 2.05) is 4.90 Å². The molecule has 0 spiro atoms. The van der Waals surface area contributed by atoms with Crippen molar-refractivity contribution in [1.82, 2.24) is 4.90 Å². The van der Waals surface area contributed by atoms with E-state index in [2.05, 4.69) is 0 Å². The number of carbonyl (C=O) groups is 1. The van der Waals surface area contributed by atoms with Crippen LogP contribution in [0, 0.1) is 11.7 Å². The Morgan fingerprint density at radius 1 is 1.56 bits per heavy atom. The van der Waals surface area contributed by atoms with Crippen molar-refractivity contribution in [3.63, 3.8) is 0 Å². The molecule has 4 nitrogen and oxygen atoms in total. The Bertz CT molecular complexity index is 451. The zero-order valence-corrected chi connectivity index (χ0v) is 10.1. The highest BCUT2D eigenvalue weighted by atomic mass is 19.1. The number of nitrogens with two attached hydrogens (primary N) is 1. The fraction of sp³-hybridized carbons (Fsp3) is 0.462. The molecule has 0 aliphatic carbocycles. The van der Waals surface area contributed by atoms with E-state index in [4.69, 9.17) is 10.8 Å². The van der Waals surface area contributed by atoms with E-state index in [-0.39, 0.29) is 11.6 Å². The summed E-state index contributed by atoms with van der Waals surface area (Å²) in [6, 6.07) is 4.74. The van der Waals surface area contributed by atoms with Gasteiger partial charge in [-0.15, -0.1) is 0 Å². The van der Waals surface area contributed by atoms with Crippen LogP contribution in [0.3, 0.4) is 0 Å². The summed E-state index contributed by atoms with van der Waals surface area (Å²) in [5.41, 5.74) is 6.38. The Morgan fingerprint density at radius 2 is 2.33 bits per heavy atom. The summed E-state index contributed by atoms with van der Waals surface area (Å²) < 4.78 is 13.3. The molecule has 1 aromatic rings. The summed E-state index contributed by atoms with van der Waals surface area (Å²) in [5.74, 6) is -1.47. The first-order valence-electron chi connectivity index (χ1n) is 6.05. The van der Waals surface area contributed by atoms with E-state index in [1.54, 1.807) is 12.1 Å². The van der Waals surface area contributed by atoms with Gasteiger partial charge in [0.15, 0.2) is 0 Å². The van der Waals surface area contributed by atoms with E-state index < -0.39 is 11.8 Å². The van der Waals surface area contributed by atoms with Crippen molar-refractivity contribution < 1.29 is 14.3 Å². The van der Waals surface area contributed by atoms with Crippen LogP contribution >= 0.6 is 0 Å². The normalized spacial score (nSPS) is 20.8. The summed E-state index contributed by atoms with van der Waals surface area (Å²) in [7, 11) is 0.